The first-order chi connectivity index (χ1) is 11.9. The Morgan fingerprint density at radius 1 is 1.08 bits per heavy atom. The normalized spacial score (nSPS) is 11.0. The predicted molar refractivity (Wildman–Crippen MR) is 102 cm³/mol. The summed E-state index contributed by atoms with van der Waals surface area (Å²) in [7, 11) is -3.79. The number of hydrogen-bond donors (Lipinski definition) is 2. The van der Waals surface area contributed by atoms with Gasteiger partial charge in [0.2, 0.25) is 0 Å². The van der Waals surface area contributed by atoms with Crippen molar-refractivity contribution in [1.82, 2.24) is 0 Å². The fraction of sp³-hybridized carbons (Fsp3) is 0.235. The summed E-state index contributed by atoms with van der Waals surface area (Å²) in [6, 6.07) is 11.0. The highest BCUT2D eigenvalue weighted by Crippen LogP contribution is 2.27. The highest BCUT2D eigenvalue weighted by molar-refractivity contribution is 9.10. The van der Waals surface area contributed by atoms with E-state index >= 15 is 0 Å². The zero-order valence-corrected chi connectivity index (χ0v) is 16.3. The number of ether oxygens (including phenoxy) is 1. The minimum Gasteiger partial charge on any atom is -0.462 e. The van der Waals surface area contributed by atoms with Gasteiger partial charge in [-0.05, 0) is 56.3 Å². The number of carbonyl (C=O) groups excluding carboxylic acids is 1. The molecule has 0 radical (unpaired) electrons. The van der Waals surface area contributed by atoms with E-state index in [1.54, 1.807) is 31.2 Å². The quantitative estimate of drug-likeness (QED) is 0.656. The van der Waals surface area contributed by atoms with Gasteiger partial charge in [0, 0.05) is 11.0 Å². The van der Waals surface area contributed by atoms with Gasteiger partial charge in [-0.15, -0.1) is 0 Å². The third kappa shape index (κ3) is 4.96. The molecule has 2 rings (SSSR count). The summed E-state index contributed by atoms with van der Waals surface area (Å²) < 4.78 is 33.5. The first-order valence-corrected chi connectivity index (χ1v) is 9.98. The number of nitrogens with one attached hydrogen (secondary N) is 2. The van der Waals surface area contributed by atoms with Gasteiger partial charge in [0.25, 0.3) is 10.0 Å². The Hall–Kier alpha value is -2.06. The molecule has 25 heavy (non-hydrogen) atoms. The van der Waals surface area contributed by atoms with Crippen LogP contribution in [0, 0.1) is 0 Å². The van der Waals surface area contributed by atoms with Crippen LogP contribution in [-0.4, -0.2) is 27.5 Å². The van der Waals surface area contributed by atoms with Gasteiger partial charge in [0.05, 0.1) is 28.4 Å². The molecule has 0 fully saturated rings. The van der Waals surface area contributed by atoms with Crippen molar-refractivity contribution >= 4 is 43.3 Å². The zero-order valence-electron chi connectivity index (χ0n) is 13.9. The Kier molecular flexibility index (Phi) is 6.44. The topological polar surface area (TPSA) is 84.5 Å². The Morgan fingerprint density at radius 2 is 1.76 bits per heavy atom. The average Bonchev–Trinajstić information content (AvgIpc) is 2.57. The van der Waals surface area contributed by atoms with Crippen LogP contribution in [0.3, 0.4) is 0 Å². The second-order valence-corrected chi connectivity index (χ2v) is 7.67. The van der Waals surface area contributed by atoms with E-state index in [-0.39, 0.29) is 22.8 Å². The minimum atomic E-state index is -3.79. The van der Waals surface area contributed by atoms with Crippen molar-refractivity contribution in [3.05, 3.63) is 52.5 Å². The fourth-order valence-electron chi connectivity index (χ4n) is 2.13. The van der Waals surface area contributed by atoms with Crippen molar-refractivity contribution < 1.29 is 17.9 Å². The molecule has 2 aromatic carbocycles. The maximum atomic E-state index is 12.6. The van der Waals surface area contributed by atoms with Crippen molar-refractivity contribution in [1.29, 1.82) is 0 Å². The molecular formula is C17H19BrN2O4S. The Balaban J connectivity index is 2.39. The van der Waals surface area contributed by atoms with Crippen LogP contribution in [0.25, 0.3) is 0 Å². The van der Waals surface area contributed by atoms with Gasteiger partial charge >= 0.3 is 5.97 Å². The van der Waals surface area contributed by atoms with E-state index in [1.807, 2.05) is 6.92 Å². The number of halogens is 1. The third-order valence-electron chi connectivity index (χ3n) is 3.27. The smallest absolute Gasteiger partial charge is 0.338 e. The van der Waals surface area contributed by atoms with Gasteiger partial charge in [0.1, 0.15) is 0 Å². The van der Waals surface area contributed by atoms with Crippen LogP contribution in [0.15, 0.2) is 51.8 Å². The van der Waals surface area contributed by atoms with Gasteiger partial charge in [0.15, 0.2) is 0 Å². The lowest BCUT2D eigenvalue weighted by Gasteiger charge is -2.15. The standard InChI is InChI=1S/C17H19BrN2O4S/c1-3-19-15-10-5-12(17(21)24-4-2)11-16(15)20-25(22,23)14-8-6-13(18)7-9-14/h5-11,19-20H,3-4H2,1-2H3. The fourth-order valence-corrected chi connectivity index (χ4v) is 3.47. The highest BCUT2D eigenvalue weighted by atomic mass is 79.9. The van der Waals surface area contributed by atoms with Gasteiger partial charge in [-0.1, -0.05) is 15.9 Å². The van der Waals surface area contributed by atoms with Crippen molar-refractivity contribution in [2.24, 2.45) is 0 Å². The predicted octanol–water partition coefficient (Wildman–Crippen LogP) is 3.86. The van der Waals surface area contributed by atoms with Crippen molar-refractivity contribution in [3.8, 4) is 0 Å². The Bertz CT molecular complexity index is 851. The maximum Gasteiger partial charge on any atom is 0.338 e. The molecule has 6 nitrogen and oxygen atoms in total. The Morgan fingerprint density at radius 3 is 2.36 bits per heavy atom. The van der Waals surface area contributed by atoms with E-state index in [0.29, 0.717) is 12.2 Å². The summed E-state index contributed by atoms with van der Waals surface area (Å²) in [5.74, 6) is -0.505. The largest absolute Gasteiger partial charge is 0.462 e. The lowest BCUT2D eigenvalue weighted by Crippen LogP contribution is -2.15. The molecular weight excluding hydrogens is 408 g/mol. The summed E-state index contributed by atoms with van der Waals surface area (Å²) in [6.07, 6.45) is 0. The number of sulfonamides is 1. The van der Waals surface area contributed by atoms with Crippen LogP contribution in [0.4, 0.5) is 11.4 Å². The van der Waals surface area contributed by atoms with Crippen LogP contribution >= 0.6 is 15.9 Å². The number of benzene rings is 2. The summed E-state index contributed by atoms with van der Waals surface area (Å²) in [6.45, 7) is 4.45. The van der Waals surface area contributed by atoms with E-state index in [9.17, 15) is 13.2 Å². The van der Waals surface area contributed by atoms with Crippen LogP contribution in [0.1, 0.15) is 24.2 Å². The highest BCUT2D eigenvalue weighted by Gasteiger charge is 2.18. The minimum absolute atomic E-state index is 0.125. The van der Waals surface area contributed by atoms with E-state index in [1.165, 1.54) is 18.2 Å². The number of rotatable bonds is 7. The first-order valence-electron chi connectivity index (χ1n) is 7.70. The molecule has 8 heteroatoms. The molecule has 0 spiro atoms. The SMILES string of the molecule is CCNc1ccc(C(=O)OCC)cc1NS(=O)(=O)c1ccc(Br)cc1. The summed E-state index contributed by atoms with van der Waals surface area (Å²) in [5, 5.41) is 3.07. The molecule has 0 aliphatic rings. The molecule has 134 valence electrons. The molecule has 2 aromatic rings. The monoisotopic (exact) mass is 426 g/mol. The molecule has 0 saturated heterocycles. The number of esters is 1. The average molecular weight is 427 g/mol. The molecule has 0 heterocycles. The lowest BCUT2D eigenvalue weighted by atomic mass is 10.1. The number of anilines is 2. The molecule has 0 unspecified atom stereocenters. The maximum absolute atomic E-state index is 12.6. The third-order valence-corrected chi connectivity index (χ3v) is 5.18. The van der Waals surface area contributed by atoms with Crippen LogP contribution in [0.5, 0.6) is 0 Å². The van der Waals surface area contributed by atoms with Crippen molar-refractivity contribution in [2.45, 2.75) is 18.7 Å². The van der Waals surface area contributed by atoms with E-state index in [0.717, 1.165) is 4.47 Å². The van der Waals surface area contributed by atoms with Crippen molar-refractivity contribution in [2.75, 3.05) is 23.2 Å². The van der Waals surface area contributed by atoms with Gasteiger partial charge in [-0.2, -0.15) is 0 Å². The molecule has 0 aromatic heterocycles. The molecule has 0 aliphatic carbocycles. The molecule has 0 atom stereocenters. The molecule has 2 N–H and O–H groups in total. The summed E-state index contributed by atoms with van der Waals surface area (Å²) in [4.78, 5) is 12.0. The van der Waals surface area contributed by atoms with Crippen LogP contribution in [0.2, 0.25) is 0 Å². The number of hydrogen-bond acceptors (Lipinski definition) is 5. The second kappa shape index (κ2) is 8.35. The molecule has 0 aliphatic heterocycles. The van der Waals surface area contributed by atoms with Gasteiger partial charge < -0.3 is 10.1 Å². The van der Waals surface area contributed by atoms with E-state index < -0.39 is 16.0 Å². The first kappa shape index (κ1) is 19.3. The van der Waals surface area contributed by atoms with Crippen molar-refractivity contribution in [3.63, 3.8) is 0 Å². The second-order valence-electron chi connectivity index (χ2n) is 5.07. The van der Waals surface area contributed by atoms with E-state index in [2.05, 4.69) is 26.0 Å². The van der Waals surface area contributed by atoms with Crippen LogP contribution < -0.4 is 10.0 Å². The molecule has 0 amide bonds. The molecule has 0 saturated carbocycles. The lowest BCUT2D eigenvalue weighted by molar-refractivity contribution is 0.0526. The molecule has 0 bridgehead atoms. The van der Waals surface area contributed by atoms with E-state index in [4.69, 9.17) is 4.74 Å². The zero-order chi connectivity index (χ0) is 18.4. The van der Waals surface area contributed by atoms with Gasteiger partial charge in [-0.3, -0.25) is 4.72 Å². The van der Waals surface area contributed by atoms with Crippen LogP contribution in [-0.2, 0) is 14.8 Å². The summed E-state index contributed by atoms with van der Waals surface area (Å²) in [5.41, 5.74) is 1.14. The summed E-state index contributed by atoms with van der Waals surface area (Å²) >= 11 is 3.27. The van der Waals surface area contributed by atoms with Gasteiger partial charge in [-0.25, -0.2) is 13.2 Å². The Labute approximate surface area is 155 Å². The number of carbonyl (C=O) groups is 1.